The number of rotatable bonds is 5. The molecule has 0 bridgehead atoms. The van der Waals surface area contributed by atoms with E-state index in [0.29, 0.717) is 30.2 Å². The Morgan fingerprint density at radius 1 is 1.29 bits per heavy atom. The summed E-state index contributed by atoms with van der Waals surface area (Å²) in [5.41, 5.74) is 2.35. The Morgan fingerprint density at radius 3 is 2.67 bits per heavy atom. The molecule has 5 nitrogen and oxygen atoms in total. The smallest absolute Gasteiger partial charge is 0.259 e. The van der Waals surface area contributed by atoms with Gasteiger partial charge in [-0.15, -0.1) is 0 Å². The van der Waals surface area contributed by atoms with E-state index >= 15 is 0 Å². The maximum atomic E-state index is 12.3. The van der Waals surface area contributed by atoms with Crippen LogP contribution in [0, 0.1) is 6.92 Å². The molecule has 6 heteroatoms. The van der Waals surface area contributed by atoms with E-state index in [2.05, 4.69) is 4.98 Å². The van der Waals surface area contributed by atoms with E-state index in [0.717, 1.165) is 17.0 Å². The highest BCUT2D eigenvalue weighted by atomic mass is 35.5. The predicted octanol–water partition coefficient (Wildman–Crippen LogP) is 3.29. The molecule has 3 rings (SSSR count). The Hall–Kier alpha value is -2.11. The predicted molar refractivity (Wildman–Crippen MR) is 95.5 cm³/mol. The summed E-state index contributed by atoms with van der Waals surface area (Å²) >= 11 is 5.93. The van der Waals surface area contributed by atoms with Crippen molar-refractivity contribution < 1.29 is 5.11 Å². The van der Waals surface area contributed by atoms with Gasteiger partial charge >= 0.3 is 0 Å². The van der Waals surface area contributed by atoms with E-state index in [1.807, 2.05) is 30.5 Å². The fourth-order valence-electron chi connectivity index (χ4n) is 2.73. The molecular formula is C18H20ClN3O2. The van der Waals surface area contributed by atoms with Gasteiger partial charge < -0.3 is 9.67 Å². The van der Waals surface area contributed by atoms with Crippen LogP contribution in [0.2, 0.25) is 5.02 Å². The largest absolute Gasteiger partial charge is 0.393 e. The lowest BCUT2D eigenvalue weighted by atomic mass is 10.2. The second-order valence-electron chi connectivity index (χ2n) is 5.93. The minimum absolute atomic E-state index is 0.109. The van der Waals surface area contributed by atoms with Crippen LogP contribution >= 0.6 is 11.6 Å². The van der Waals surface area contributed by atoms with E-state index in [1.165, 1.54) is 0 Å². The Morgan fingerprint density at radius 2 is 2.00 bits per heavy atom. The monoisotopic (exact) mass is 345 g/mol. The van der Waals surface area contributed by atoms with E-state index in [-0.39, 0.29) is 11.7 Å². The highest BCUT2D eigenvalue weighted by molar-refractivity contribution is 6.30. The maximum Gasteiger partial charge on any atom is 0.259 e. The molecule has 0 aliphatic carbocycles. The molecule has 0 spiro atoms. The summed E-state index contributed by atoms with van der Waals surface area (Å²) in [7, 11) is 0. The Labute approximate surface area is 145 Å². The van der Waals surface area contributed by atoms with Crippen LogP contribution in [0.25, 0.3) is 17.0 Å². The Bertz CT molecular complexity index is 912. The molecule has 0 aliphatic rings. The van der Waals surface area contributed by atoms with E-state index in [9.17, 15) is 9.90 Å². The van der Waals surface area contributed by atoms with Crippen molar-refractivity contribution in [2.75, 3.05) is 0 Å². The van der Waals surface area contributed by atoms with E-state index in [4.69, 9.17) is 11.6 Å². The van der Waals surface area contributed by atoms with E-state index < -0.39 is 0 Å². The zero-order valence-corrected chi connectivity index (χ0v) is 14.5. The number of imidazole rings is 1. The fourth-order valence-corrected chi connectivity index (χ4v) is 2.85. The molecule has 1 aromatic carbocycles. The molecule has 2 aromatic heterocycles. The molecule has 0 radical (unpaired) electrons. The topological polar surface area (TPSA) is 59.5 Å². The van der Waals surface area contributed by atoms with Crippen molar-refractivity contribution in [3.05, 3.63) is 57.6 Å². The Balaban J connectivity index is 2.08. The van der Waals surface area contributed by atoms with Gasteiger partial charge in [0.15, 0.2) is 0 Å². The summed E-state index contributed by atoms with van der Waals surface area (Å²) in [6, 6.07) is 8.96. The van der Waals surface area contributed by atoms with Gasteiger partial charge in [0.1, 0.15) is 0 Å². The number of aryl methyl sites for hydroxylation is 2. The minimum atomic E-state index is -0.352. The molecule has 0 saturated carbocycles. The highest BCUT2D eigenvalue weighted by Gasteiger charge is 2.13. The lowest BCUT2D eigenvalue weighted by Gasteiger charge is -2.14. The third-order valence-corrected chi connectivity index (χ3v) is 4.47. The standard InChI is InChI=1S/C18H20ClN3O2/c1-3-15(23)8-9-21-12(2)10-17(24)22-11-16(20-18(21)22)13-4-6-14(19)7-5-13/h4-7,10-11,15,23H,3,8-9H2,1-2H3. The van der Waals surface area contributed by atoms with Crippen LogP contribution < -0.4 is 5.56 Å². The van der Waals surface area contributed by atoms with Crippen molar-refractivity contribution in [2.45, 2.75) is 39.3 Å². The second kappa shape index (κ2) is 6.79. The number of benzene rings is 1. The first-order valence-corrected chi connectivity index (χ1v) is 8.41. The molecule has 0 aliphatic heterocycles. The number of nitrogens with zero attached hydrogens (tertiary/aromatic N) is 3. The van der Waals surface area contributed by atoms with Crippen molar-refractivity contribution in [2.24, 2.45) is 0 Å². The number of halogens is 1. The number of hydrogen-bond acceptors (Lipinski definition) is 3. The first kappa shape index (κ1) is 16.7. The summed E-state index contributed by atoms with van der Waals surface area (Å²) in [5.74, 6) is 0.591. The summed E-state index contributed by atoms with van der Waals surface area (Å²) in [4.78, 5) is 16.9. The fraction of sp³-hybridized carbons (Fsp3) is 0.333. The molecule has 1 atom stereocenters. The van der Waals surface area contributed by atoms with Crippen LogP contribution in [-0.4, -0.2) is 25.2 Å². The molecule has 3 aromatic rings. The van der Waals surface area contributed by atoms with Gasteiger partial charge in [0.25, 0.3) is 5.56 Å². The third kappa shape index (κ3) is 3.23. The quantitative estimate of drug-likeness (QED) is 0.772. The number of aromatic nitrogens is 3. The average molecular weight is 346 g/mol. The molecule has 0 fully saturated rings. The molecule has 1 unspecified atom stereocenters. The number of aliphatic hydroxyl groups is 1. The van der Waals surface area contributed by atoms with E-state index in [1.54, 1.807) is 28.8 Å². The molecule has 0 amide bonds. The zero-order valence-electron chi connectivity index (χ0n) is 13.7. The SMILES string of the molecule is CCC(O)CCn1c(C)cc(=O)n2cc(-c3ccc(Cl)cc3)nc12. The first-order valence-electron chi connectivity index (χ1n) is 8.03. The molecule has 1 N–H and O–H groups in total. The van der Waals surface area contributed by atoms with Gasteiger partial charge in [-0.25, -0.2) is 4.98 Å². The molecular weight excluding hydrogens is 326 g/mol. The normalized spacial score (nSPS) is 12.7. The molecule has 126 valence electrons. The van der Waals surface area contributed by atoms with Gasteiger partial charge in [0.05, 0.1) is 11.8 Å². The van der Waals surface area contributed by atoms with Gasteiger partial charge in [-0.2, -0.15) is 0 Å². The van der Waals surface area contributed by atoms with Crippen molar-refractivity contribution in [3.8, 4) is 11.3 Å². The van der Waals surface area contributed by atoms with Crippen LogP contribution in [0.4, 0.5) is 0 Å². The number of fused-ring (bicyclic) bond motifs is 1. The van der Waals surface area contributed by atoms with Crippen LogP contribution in [0.15, 0.2) is 41.3 Å². The van der Waals surface area contributed by atoms with Crippen molar-refractivity contribution in [1.82, 2.24) is 14.0 Å². The summed E-state index contributed by atoms with van der Waals surface area (Å²) < 4.78 is 3.52. The average Bonchev–Trinajstić information content (AvgIpc) is 3.00. The van der Waals surface area contributed by atoms with Crippen molar-refractivity contribution in [3.63, 3.8) is 0 Å². The first-order chi connectivity index (χ1) is 11.5. The summed E-state index contributed by atoms with van der Waals surface area (Å²) in [5, 5.41) is 10.5. The maximum absolute atomic E-state index is 12.3. The van der Waals surface area contributed by atoms with Gasteiger partial charge in [0, 0.05) is 35.1 Å². The van der Waals surface area contributed by atoms with Gasteiger partial charge in [-0.1, -0.05) is 30.7 Å². The summed E-state index contributed by atoms with van der Waals surface area (Å²) in [6.45, 7) is 4.45. The zero-order chi connectivity index (χ0) is 17.3. The third-order valence-electron chi connectivity index (χ3n) is 4.22. The minimum Gasteiger partial charge on any atom is -0.393 e. The lowest BCUT2D eigenvalue weighted by molar-refractivity contribution is 0.154. The second-order valence-corrected chi connectivity index (χ2v) is 6.37. The van der Waals surface area contributed by atoms with Crippen molar-refractivity contribution >= 4 is 17.4 Å². The lowest BCUT2D eigenvalue weighted by Crippen LogP contribution is -2.20. The molecule has 24 heavy (non-hydrogen) atoms. The van der Waals surface area contributed by atoms with Gasteiger partial charge in [0.2, 0.25) is 5.78 Å². The van der Waals surface area contributed by atoms with Crippen molar-refractivity contribution in [1.29, 1.82) is 0 Å². The van der Waals surface area contributed by atoms with Gasteiger partial charge in [-0.3, -0.25) is 9.20 Å². The summed E-state index contributed by atoms with van der Waals surface area (Å²) in [6.07, 6.45) is 2.72. The molecule has 2 heterocycles. The van der Waals surface area contributed by atoms with Crippen LogP contribution in [0.1, 0.15) is 25.5 Å². The van der Waals surface area contributed by atoms with Crippen LogP contribution in [0.5, 0.6) is 0 Å². The highest BCUT2D eigenvalue weighted by Crippen LogP contribution is 2.21. The Kier molecular flexibility index (Phi) is 4.73. The number of aliphatic hydroxyl groups excluding tert-OH is 1. The van der Waals surface area contributed by atoms with Crippen LogP contribution in [0.3, 0.4) is 0 Å². The van der Waals surface area contributed by atoms with Crippen LogP contribution in [-0.2, 0) is 6.54 Å². The van der Waals surface area contributed by atoms with Gasteiger partial charge in [-0.05, 0) is 31.9 Å². The number of hydrogen-bond donors (Lipinski definition) is 1. The molecule has 0 saturated heterocycles.